The van der Waals surface area contributed by atoms with Gasteiger partial charge in [-0.3, -0.25) is 9.59 Å². The Morgan fingerprint density at radius 1 is 1.10 bits per heavy atom. The van der Waals surface area contributed by atoms with Gasteiger partial charge in [-0.1, -0.05) is 12.1 Å². The van der Waals surface area contributed by atoms with Gasteiger partial charge in [0.1, 0.15) is 17.3 Å². The lowest BCUT2D eigenvalue weighted by Gasteiger charge is -2.38. The second-order valence-electron chi connectivity index (χ2n) is 9.46. The highest BCUT2D eigenvalue weighted by Crippen LogP contribution is 2.41. The molecule has 1 N–H and O–H groups in total. The van der Waals surface area contributed by atoms with E-state index in [1.54, 1.807) is 14.2 Å². The number of amides is 2. The van der Waals surface area contributed by atoms with Crippen molar-refractivity contribution in [1.29, 1.82) is 0 Å². The van der Waals surface area contributed by atoms with Gasteiger partial charge in [-0.15, -0.1) is 0 Å². The van der Waals surface area contributed by atoms with Crippen molar-refractivity contribution in [2.24, 2.45) is 0 Å². The smallest absolute Gasteiger partial charge is 0.254 e. The molecule has 9 heteroatoms. The third-order valence-electron chi connectivity index (χ3n) is 6.97. The Morgan fingerprint density at radius 3 is 2.74 bits per heavy atom. The lowest BCUT2D eigenvalue weighted by atomic mass is 9.87. The van der Waals surface area contributed by atoms with E-state index in [-0.39, 0.29) is 23.9 Å². The van der Waals surface area contributed by atoms with Crippen molar-refractivity contribution in [2.45, 2.75) is 25.3 Å². The predicted molar refractivity (Wildman–Crippen MR) is 142 cm³/mol. The van der Waals surface area contributed by atoms with Gasteiger partial charge in [-0.05, 0) is 72.0 Å². The van der Waals surface area contributed by atoms with Crippen LogP contribution in [-0.4, -0.2) is 57.2 Å². The van der Waals surface area contributed by atoms with Gasteiger partial charge >= 0.3 is 0 Å². The fourth-order valence-corrected chi connectivity index (χ4v) is 5.03. The fourth-order valence-electron chi connectivity index (χ4n) is 5.03. The van der Waals surface area contributed by atoms with Gasteiger partial charge in [-0.2, -0.15) is 0 Å². The quantitative estimate of drug-likeness (QED) is 0.525. The lowest BCUT2D eigenvalue weighted by Crippen LogP contribution is -2.41. The number of ether oxygens (including phenoxy) is 4. The SMILES string of the molecule is COCCC(=O)N1CCc2cc3ccc2C1c1ccc(OC)c(c1)OCCCNC(=O)c1cc(ccc1F)O3. The van der Waals surface area contributed by atoms with E-state index in [0.29, 0.717) is 62.1 Å². The van der Waals surface area contributed by atoms with Gasteiger partial charge in [0, 0.05) is 20.2 Å². The van der Waals surface area contributed by atoms with Crippen LogP contribution in [-0.2, 0) is 16.0 Å². The summed E-state index contributed by atoms with van der Waals surface area (Å²) < 4.78 is 37.2. The van der Waals surface area contributed by atoms with E-state index in [1.165, 1.54) is 18.2 Å². The third kappa shape index (κ3) is 5.68. The van der Waals surface area contributed by atoms with E-state index >= 15 is 0 Å². The molecule has 0 spiro atoms. The molecule has 0 radical (unpaired) electrons. The summed E-state index contributed by atoms with van der Waals surface area (Å²) in [5, 5.41) is 2.74. The second kappa shape index (κ2) is 11.7. The Kier molecular flexibility index (Phi) is 7.97. The number of nitrogens with one attached hydrogen (secondary N) is 1. The van der Waals surface area contributed by atoms with E-state index in [1.807, 2.05) is 41.3 Å². The maximum Gasteiger partial charge on any atom is 0.254 e. The van der Waals surface area contributed by atoms with Gasteiger partial charge in [0.2, 0.25) is 5.91 Å². The van der Waals surface area contributed by atoms with Crippen LogP contribution in [0, 0.1) is 5.82 Å². The molecular weight excluding hydrogens is 503 g/mol. The number of carbonyl (C=O) groups excluding carboxylic acids is 2. The molecule has 3 heterocycles. The summed E-state index contributed by atoms with van der Waals surface area (Å²) in [7, 11) is 3.15. The van der Waals surface area contributed by atoms with Crippen molar-refractivity contribution in [3.05, 3.63) is 82.7 Å². The molecular formula is C30H31FN2O6. The van der Waals surface area contributed by atoms with E-state index in [0.717, 1.165) is 16.7 Å². The molecule has 0 fully saturated rings. The van der Waals surface area contributed by atoms with Crippen molar-refractivity contribution in [3.8, 4) is 23.0 Å². The lowest BCUT2D eigenvalue weighted by molar-refractivity contribution is -0.134. The molecule has 8 bridgehead atoms. The number of benzene rings is 3. The largest absolute Gasteiger partial charge is 0.493 e. The highest BCUT2D eigenvalue weighted by molar-refractivity contribution is 5.94. The van der Waals surface area contributed by atoms with Gasteiger partial charge in [-0.25, -0.2) is 4.39 Å². The fraction of sp³-hybridized carbons (Fsp3) is 0.333. The van der Waals surface area contributed by atoms with Crippen LogP contribution in [0.3, 0.4) is 0 Å². The van der Waals surface area contributed by atoms with Gasteiger partial charge in [0.05, 0.1) is 38.3 Å². The molecule has 6 rings (SSSR count). The van der Waals surface area contributed by atoms with Crippen molar-refractivity contribution >= 4 is 11.8 Å². The number of hydrogen-bond acceptors (Lipinski definition) is 6. The first kappa shape index (κ1) is 26.5. The minimum atomic E-state index is -0.626. The van der Waals surface area contributed by atoms with Crippen molar-refractivity contribution < 1.29 is 32.9 Å². The average Bonchev–Trinajstić information content (AvgIpc) is 2.95. The van der Waals surface area contributed by atoms with Crippen LogP contribution in [0.25, 0.3) is 0 Å². The maximum atomic E-state index is 14.5. The summed E-state index contributed by atoms with van der Waals surface area (Å²) in [6.45, 7) is 1.45. The van der Waals surface area contributed by atoms with Crippen LogP contribution in [0.2, 0.25) is 0 Å². The van der Waals surface area contributed by atoms with Gasteiger partial charge in [0.25, 0.3) is 5.91 Å². The van der Waals surface area contributed by atoms with Crippen molar-refractivity contribution in [2.75, 3.05) is 40.5 Å². The summed E-state index contributed by atoms with van der Waals surface area (Å²) in [4.78, 5) is 27.8. The maximum absolute atomic E-state index is 14.5. The van der Waals surface area contributed by atoms with Crippen LogP contribution in [0.15, 0.2) is 54.6 Å². The van der Waals surface area contributed by atoms with Gasteiger partial charge < -0.3 is 29.2 Å². The Labute approximate surface area is 226 Å². The zero-order valence-electron chi connectivity index (χ0n) is 22.0. The monoisotopic (exact) mass is 534 g/mol. The number of hydrogen-bond donors (Lipinski definition) is 1. The van der Waals surface area contributed by atoms with E-state index < -0.39 is 11.7 Å². The van der Waals surface area contributed by atoms with Gasteiger partial charge in [0.15, 0.2) is 11.5 Å². The zero-order chi connectivity index (χ0) is 27.4. The normalized spacial score (nSPS) is 16.8. The summed E-state index contributed by atoms with van der Waals surface area (Å²) in [6.07, 6.45) is 1.41. The molecule has 3 aliphatic heterocycles. The summed E-state index contributed by atoms with van der Waals surface area (Å²) in [5.74, 6) is 0.871. The van der Waals surface area contributed by atoms with Crippen molar-refractivity contribution in [1.82, 2.24) is 10.2 Å². The van der Waals surface area contributed by atoms with Crippen LogP contribution in [0.1, 0.15) is 45.9 Å². The zero-order valence-corrected chi connectivity index (χ0v) is 22.0. The Bertz CT molecular complexity index is 1380. The molecule has 0 aliphatic carbocycles. The molecule has 3 aromatic carbocycles. The van der Waals surface area contributed by atoms with Crippen LogP contribution in [0.5, 0.6) is 23.0 Å². The van der Waals surface area contributed by atoms with Crippen LogP contribution in [0.4, 0.5) is 4.39 Å². The standard InChI is InChI=1S/C30H31FN2O6/c1-36-15-11-28(34)33-13-10-19-16-21-5-7-23(19)29(33)20-4-9-26(37-2)27(17-20)38-14-3-12-32-30(35)24-18-22(39-21)6-8-25(24)31/h4-9,16-18,29H,3,10-15H2,1-2H3,(H,32,35). The first-order chi connectivity index (χ1) is 19.0. The van der Waals surface area contributed by atoms with Crippen LogP contribution >= 0.6 is 0 Å². The molecule has 0 saturated heterocycles. The molecule has 3 aliphatic rings. The first-order valence-electron chi connectivity index (χ1n) is 13.0. The molecule has 2 amide bonds. The number of fused-ring (bicyclic) bond motifs is 6. The average molecular weight is 535 g/mol. The summed E-state index contributed by atoms with van der Waals surface area (Å²) >= 11 is 0. The third-order valence-corrected chi connectivity index (χ3v) is 6.97. The molecule has 204 valence electrons. The number of nitrogens with zero attached hydrogens (tertiary/aromatic N) is 1. The number of halogens is 1. The molecule has 3 aromatic rings. The van der Waals surface area contributed by atoms with Crippen LogP contribution < -0.4 is 19.5 Å². The summed E-state index contributed by atoms with van der Waals surface area (Å²) in [5.41, 5.74) is 2.82. The molecule has 0 aromatic heterocycles. The topological polar surface area (TPSA) is 86.3 Å². The molecule has 8 nitrogen and oxygen atoms in total. The minimum Gasteiger partial charge on any atom is -0.493 e. The summed E-state index contributed by atoms with van der Waals surface area (Å²) in [6, 6.07) is 15.2. The molecule has 39 heavy (non-hydrogen) atoms. The Hall–Kier alpha value is -4.11. The van der Waals surface area contributed by atoms with Crippen molar-refractivity contribution in [3.63, 3.8) is 0 Å². The van der Waals surface area contributed by atoms with E-state index in [2.05, 4.69) is 5.32 Å². The molecule has 0 saturated carbocycles. The van der Waals surface area contributed by atoms with E-state index in [4.69, 9.17) is 18.9 Å². The predicted octanol–water partition coefficient (Wildman–Crippen LogP) is 4.65. The molecule has 1 atom stereocenters. The highest BCUT2D eigenvalue weighted by Gasteiger charge is 2.33. The van der Waals surface area contributed by atoms with E-state index in [9.17, 15) is 14.0 Å². The Balaban J connectivity index is 1.59. The second-order valence-corrected chi connectivity index (χ2v) is 9.46. The molecule has 1 unspecified atom stereocenters. The minimum absolute atomic E-state index is 0.00263. The number of rotatable bonds is 4. The first-order valence-corrected chi connectivity index (χ1v) is 13.0. The highest BCUT2D eigenvalue weighted by atomic mass is 19.1. The number of carbonyl (C=O) groups is 2. The Morgan fingerprint density at radius 2 is 1.92 bits per heavy atom. The number of methoxy groups -OCH3 is 2.